The number of esters is 3. The minimum absolute atomic E-state index is 0.0649. The first-order valence-corrected chi connectivity index (χ1v) is 35.7. The Kier molecular flexibility index (Phi) is 66.0. The molecule has 6 heteroatoms. The molecule has 0 heterocycles. The first-order valence-electron chi connectivity index (χ1n) is 35.7. The summed E-state index contributed by atoms with van der Waals surface area (Å²) in [7, 11) is 0. The average molecular weight is 1100 g/mol. The van der Waals surface area contributed by atoms with Crippen LogP contribution in [0, 0.1) is 0 Å². The van der Waals surface area contributed by atoms with E-state index in [1.807, 2.05) is 0 Å². The number of allylic oxidation sites excluding steroid dienone is 2. The standard InChI is InChI=1S/C72H138O6/c1-4-7-10-13-16-19-22-25-28-30-32-33-34-35-36-37-38-39-40-41-43-44-47-50-53-56-59-62-65-71(74)77-68-69(67-76-70(73)64-61-58-55-52-49-46-27-24-21-18-15-12-9-6-3)78-72(75)66-63-60-57-54-51-48-45-42-31-29-26-23-20-17-14-11-8-5-2/h29,31,69H,4-28,30,32-68H2,1-3H3/b31-29-. The summed E-state index contributed by atoms with van der Waals surface area (Å²) in [5.41, 5.74) is 0. The van der Waals surface area contributed by atoms with Crippen molar-refractivity contribution in [1.29, 1.82) is 0 Å². The van der Waals surface area contributed by atoms with Gasteiger partial charge in [0.05, 0.1) is 0 Å². The van der Waals surface area contributed by atoms with E-state index in [1.165, 1.54) is 315 Å². The first-order chi connectivity index (χ1) is 38.5. The van der Waals surface area contributed by atoms with Gasteiger partial charge in [-0.05, 0) is 44.9 Å². The Labute approximate surface area is 488 Å². The van der Waals surface area contributed by atoms with Crippen LogP contribution < -0.4 is 0 Å². The van der Waals surface area contributed by atoms with Gasteiger partial charge < -0.3 is 14.2 Å². The van der Waals surface area contributed by atoms with Gasteiger partial charge in [-0.25, -0.2) is 0 Å². The molecule has 0 radical (unpaired) electrons. The van der Waals surface area contributed by atoms with Crippen LogP contribution in [0.1, 0.15) is 412 Å². The highest BCUT2D eigenvalue weighted by atomic mass is 16.6. The van der Waals surface area contributed by atoms with Gasteiger partial charge in [0.15, 0.2) is 6.10 Å². The van der Waals surface area contributed by atoms with Crippen molar-refractivity contribution in [3.63, 3.8) is 0 Å². The summed E-state index contributed by atoms with van der Waals surface area (Å²) in [4.78, 5) is 38.4. The Morgan fingerprint density at radius 3 is 0.641 bits per heavy atom. The summed E-state index contributed by atoms with van der Waals surface area (Å²) in [6.07, 6.45) is 81.1. The van der Waals surface area contributed by atoms with Crippen molar-refractivity contribution in [2.75, 3.05) is 13.2 Å². The number of carbonyl (C=O) groups is 3. The predicted molar refractivity (Wildman–Crippen MR) is 340 cm³/mol. The smallest absolute Gasteiger partial charge is 0.306 e. The second-order valence-corrected chi connectivity index (χ2v) is 24.5. The van der Waals surface area contributed by atoms with Gasteiger partial charge in [0.25, 0.3) is 0 Å². The van der Waals surface area contributed by atoms with Crippen LogP contribution in [0.3, 0.4) is 0 Å². The fourth-order valence-electron chi connectivity index (χ4n) is 11.2. The molecule has 0 aliphatic heterocycles. The predicted octanol–water partition coefficient (Wildman–Crippen LogP) is 24.4. The van der Waals surface area contributed by atoms with Crippen molar-refractivity contribution in [1.82, 2.24) is 0 Å². The quantitative estimate of drug-likeness (QED) is 0.0261. The van der Waals surface area contributed by atoms with Gasteiger partial charge in [-0.15, -0.1) is 0 Å². The summed E-state index contributed by atoms with van der Waals surface area (Å²) in [6.45, 7) is 6.72. The van der Waals surface area contributed by atoms with Crippen molar-refractivity contribution in [3.05, 3.63) is 12.2 Å². The minimum atomic E-state index is -0.769. The zero-order valence-corrected chi connectivity index (χ0v) is 53.2. The molecule has 0 N–H and O–H groups in total. The van der Waals surface area contributed by atoms with Gasteiger partial charge in [0.1, 0.15) is 13.2 Å². The largest absolute Gasteiger partial charge is 0.462 e. The average Bonchev–Trinajstić information content (AvgIpc) is 3.44. The molecule has 1 atom stereocenters. The highest BCUT2D eigenvalue weighted by molar-refractivity contribution is 5.71. The van der Waals surface area contributed by atoms with Gasteiger partial charge in [0.2, 0.25) is 0 Å². The van der Waals surface area contributed by atoms with Gasteiger partial charge in [-0.1, -0.05) is 360 Å². The molecule has 0 aromatic rings. The van der Waals surface area contributed by atoms with Crippen LogP contribution in [-0.2, 0) is 28.6 Å². The van der Waals surface area contributed by atoms with E-state index >= 15 is 0 Å². The number of unbranched alkanes of at least 4 members (excludes halogenated alkanes) is 54. The fraction of sp³-hybridized carbons (Fsp3) is 0.931. The monoisotopic (exact) mass is 1100 g/mol. The summed E-state index contributed by atoms with van der Waals surface area (Å²) in [5, 5.41) is 0. The van der Waals surface area contributed by atoms with E-state index in [0.717, 1.165) is 57.8 Å². The molecule has 0 fully saturated rings. The van der Waals surface area contributed by atoms with Gasteiger partial charge in [-0.2, -0.15) is 0 Å². The molecule has 462 valence electrons. The van der Waals surface area contributed by atoms with E-state index in [0.29, 0.717) is 19.3 Å². The second-order valence-electron chi connectivity index (χ2n) is 24.5. The lowest BCUT2D eigenvalue weighted by atomic mass is 10.0. The number of hydrogen-bond donors (Lipinski definition) is 0. The summed E-state index contributed by atoms with van der Waals surface area (Å²) in [5.74, 6) is -0.834. The van der Waals surface area contributed by atoms with E-state index in [4.69, 9.17) is 14.2 Å². The van der Waals surface area contributed by atoms with Crippen LogP contribution in [-0.4, -0.2) is 37.2 Å². The molecule has 0 aliphatic rings. The van der Waals surface area contributed by atoms with Crippen LogP contribution in [0.15, 0.2) is 12.2 Å². The van der Waals surface area contributed by atoms with Crippen molar-refractivity contribution >= 4 is 17.9 Å². The highest BCUT2D eigenvalue weighted by Gasteiger charge is 2.19. The molecular formula is C72H138O6. The molecule has 0 aliphatic carbocycles. The lowest BCUT2D eigenvalue weighted by Crippen LogP contribution is -2.30. The molecule has 6 nitrogen and oxygen atoms in total. The van der Waals surface area contributed by atoms with Crippen LogP contribution in [0.5, 0.6) is 0 Å². The number of ether oxygens (including phenoxy) is 3. The molecule has 0 saturated heterocycles. The topological polar surface area (TPSA) is 78.9 Å². The Morgan fingerprint density at radius 2 is 0.423 bits per heavy atom. The molecule has 1 unspecified atom stereocenters. The van der Waals surface area contributed by atoms with Gasteiger partial charge in [0, 0.05) is 19.3 Å². The molecule has 0 aromatic carbocycles. The molecule has 0 spiro atoms. The van der Waals surface area contributed by atoms with Crippen molar-refractivity contribution in [3.8, 4) is 0 Å². The van der Waals surface area contributed by atoms with Crippen LogP contribution >= 0.6 is 0 Å². The Hall–Kier alpha value is -1.85. The normalized spacial score (nSPS) is 12.0. The summed E-state index contributed by atoms with van der Waals surface area (Å²) in [6, 6.07) is 0. The molecule has 0 aromatic heterocycles. The Morgan fingerprint density at radius 1 is 0.244 bits per heavy atom. The number of rotatable bonds is 67. The van der Waals surface area contributed by atoms with E-state index in [-0.39, 0.29) is 31.1 Å². The maximum absolute atomic E-state index is 12.9. The van der Waals surface area contributed by atoms with E-state index in [9.17, 15) is 14.4 Å². The van der Waals surface area contributed by atoms with Gasteiger partial charge in [-0.3, -0.25) is 14.4 Å². The maximum atomic E-state index is 12.9. The van der Waals surface area contributed by atoms with Crippen LogP contribution in [0.4, 0.5) is 0 Å². The Bertz CT molecular complexity index is 1210. The zero-order valence-electron chi connectivity index (χ0n) is 53.2. The van der Waals surface area contributed by atoms with E-state index in [2.05, 4.69) is 32.9 Å². The minimum Gasteiger partial charge on any atom is -0.462 e. The van der Waals surface area contributed by atoms with Crippen LogP contribution in [0.2, 0.25) is 0 Å². The molecule has 0 rings (SSSR count). The molecule has 0 bridgehead atoms. The van der Waals surface area contributed by atoms with E-state index < -0.39 is 6.10 Å². The lowest BCUT2D eigenvalue weighted by Gasteiger charge is -2.18. The third-order valence-corrected chi connectivity index (χ3v) is 16.5. The third kappa shape index (κ3) is 65.0. The van der Waals surface area contributed by atoms with Crippen molar-refractivity contribution in [2.45, 2.75) is 419 Å². The molecular weight excluding hydrogens is 961 g/mol. The van der Waals surface area contributed by atoms with Crippen molar-refractivity contribution < 1.29 is 28.6 Å². The van der Waals surface area contributed by atoms with E-state index in [1.54, 1.807) is 0 Å². The van der Waals surface area contributed by atoms with Gasteiger partial charge >= 0.3 is 17.9 Å². The zero-order chi connectivity index (χ0) is 56.4. The lowest BCUT2D eigenvalue weighted by molar-refractivity contribution is -0.167. The summed E-state index contributed by atoms with van der Waals surface area (Å²) >= 11 is 0. The number of hydrogen-bond acceptors (Lipinski definition) is 6. The third-order valence-electron chi connectivity index (χ3n) is 16.5. The second kappa shape index (κ2) is 67.7. The SMILES string of the molecule is CCCCCCCCC/C=C\CCCCCCCCCC(=O)OC(COC(=O)CCCCCCCCCCCCCCCC)COC(=O)CCCCCCCCCCCCCCCCCCCCCCCCCCCCCC. The molecule has 0 saturated carbocycles. The first kappa shape index (κ1) is 76.1. The molecule has 78 heavy (non-hydrogen) atoms. The highest BCUT2D eigenvalue weighted by Crippen LogP contribution is 2.19. The molecule has 0 amide bonds. The number of carbonyl (C=O) groups excluding carboxylic acids is 3. The summed E-state index contributed by atoms with van der Waals surface area (Å²) < 4.78 is 17.0. The van der Waals surface area contributed by atoms with Crippen molar-refractivity contribution in [2.24, 2.45) is 0 Å². The maximum Gasteiger partial charge on any atom is 0.306 e. The Balaban J connectivity index is 4.18. The van der Waals surface area contributed by atoms with Crippen LogP contribution in [0.25, 0.3) is 0 Å². The fourth-order valence-corrected chi connectivity index (χ4v) is 11.2.